The number of hydrogen-bond donors (Lipinski definition) is 3. The highest BCUT2D eigenvalue weighted by Gasteiger charge is 2.21. The van der Waals surface area contributed by atoms with Crippen molar-refractivity contribution in [2.45, 2.75) is 6.92 Å². The van der Waals surface area contributed by atoms with Gasteiger partial charge in [0, 0.05) is 0 Å². The molecule has 0 fully saturated rings. The average Bonchev–Trinajstić information content (AvgIpc) is 2.02. The minimum Gasteiger partial charge on any atom is -0.478 e. The van der Waals surface area contributed by atoms with Crippen LogP contribution in [0.4, 0.5) is 0 Å². The molecule has 4 nitrogen and oxygen atoms in total. The normalized spacial score (nSPS) is 9.77. The van der Waals surface area contributed by atoms with Crippen molar-refractivity contribution in [1.29, 1.82) is 0 Å². The van der Waals surface area contributed by atoms with Gasteiger partial charge in [0.05, 0.1) is 5.56 Å². The van der Waals surface area contributed by atoms with Gasteiger partial charge in [-0.3, -0.25) is 0 Å². The van der Waals surface area contributed by atoms with Crippen LogP contribution in [0.25, 0.3) is 0 Å². The van der Waals surface area contributed by atoms with Gasteiger partial charge in [0.1, 0.15) is 0 Å². The Morgan fingerprint density at radius 2 is 2.00 bits per heavy atom. The van der Waals surface area contributed by atoms with E-state index < -0.39 is 13.1 Å². The Balaban J connectivity index is 3.34. The molecule has 0 bridgehead atoms. The topological polar surface area (TPSA) is 77.8 Å². The van der Waals surface area contributed by atoms with Crippen LogP contribution in [0.5, 0.6) is 0 Å². The van der Waals surface area contributed by atoms with E-state index in [1.54, 1.807) is 19.1 Å². The molecule has 0 amide bonds. The third kappa shape index (κ3) is 1.88. The van der Waals surface area contributed by atoms with Gasteiger partial charge in [0.25, 0.3) is 0 Å². The fourth-order valence-corrected chi connectivity index (χ4v) is 1.20. The van der Waals surface area contributed by atoms with E-state index in [2.05, 4.69) is 0 Å². The molecular formula is C8H9BO4. The first-order valence-electron chi connectivity index (χ1n) is 3.73. The Kier molecular flexibility index (Phi) is 2.70. The molecule has 0 aliphatic heterocycles. The first kappa shape index (κ1) is 9.76. The summed E-state index contributed by atoms with van der Waals surface area (Å²) in [5.41, 5.74) is 0.489. The monoisotopic (exact) mass is 180 g/mol. The second-order valence-electron chi connectivity index (χ2n) is 2.72. The second kappa shape index (κ2) is 3.59. The number of carboxylic acids is 1. The SMILES string of the molecule is Cc1cccc(B(O)O)c1C(=O)O. The van der Waals surface area contributed by atoms with Gasteiger partial charge in [-0.25, -0.2) is 4.79 Å². The van der Waals surface area contributed by atoms with Gasteiger partial charge in [0.2, 0.25) is 0 Å². The summed E-state index contributed by atoms with van der Waals surface area (Å²) in [5.74, 6) is -1.15. The van der Waals surface area contributed by atoms with E-state index in [0.29, 0.717) is 5.56 Å². The smallest absolute Gasteiger partial charge is 0.478 e. The van der Waals surface area contributed by atoms with Crippen molar-refractivity contribution in [3.05, 3.63) is 29.3 Å². The van der Waals surface area contributed by atoms with Crippen LogP contribution in [0, 0.1) is 6.92 Å². The van der Waals surface area contributed by atoms with E-state index in [4.69, 9.17) is 15.2 Å². The molecule has 0 unspecified atom stereocenters. The van der Waals surface area contributed by atoms with Crippen molar-refractivity contribution >= 4 is 18.6 Å². The van der Waals surface area contributed by atoms with Gasteiger partial charge in [0.15, 0.2) is 0 Å². The van der Waals surface area contributed by atoms with Crippen LogP contribution >= 0.6 is 0 Å². The zero-order chi connectivity index (χ0) is 10.0. The van der Waals surface area contributed by atoms with Crippen molar-refractivity contribution in [3.63, 3.8) is 0 Å². The third-order valence-electron chi connectivity index (χ3n) is 1.80. The molecule has 0 atom stereocenters. The van der Waals surface area contributed by atoms with Crippen molar-refractivity contribution in [2.75, 3.05) is 0 Å². The molecule has 0 aliphatic rings. The summed E-state index contributed by atoms with van der Waals surface area (Å²) in [5, 5.41) is 26.5. The summed E-state index contributed by atoms with van der Waals surface area (Å²) in [7, 11) is -1.74. The zero-order valence-corrected chi connectivity index (χ0v) is 7.06. The predicted molar refractivity (Wildman–Crippen MR) is 48.0 cm³/mol. The van der Waals surface area contributed by atoms with Crippen LogP contribution in [0.15, 0.2) is 18.2 Å². The predicted octanol–water partition coefficient (Wildman–Crippen LogP) is -0.627. The standard InChI is InChI=1S/C8H9BO4/c1-5-3-2-4-6(9(12)13)7(5)8(10)11/h2-4,12-13H,1H3,(H,10,11). The Bertz CT molecular complexity index is 335. The van der Waals surface area contributed by atoms with Crippen LogP contribution in [0.1, 0.15) is 15.9 Å². The van der Waals surface area contributed by atoms with Crippen LogP contribution in [-0.4, -0.2) is 28.2 Å². The molecule has 1 aromatic rings. The highest BCUT2D eigenvalue weighted by Crippen LogP contribution is 2.04. The number of hydrogen-bond acceptors (Lipinski definition) is 3. The summed E-state index contributed by atoms with van der Waals surface area (Å²) >= 11 is 0. The summed E-state index contributed by atoms with van der Waals surface area (Å²) in [6, 6.07) is 4.56. The Morgan fingerprint density at radius 1 is 1.38 bits per heavy atom. The first-order chi connectivity index (χ1) is 6.04. The van der Waals surface area contributed by atoms with E-state index in [9.17, 15) is 4.79 Å². The van der Waals surface area contributed by atoms with Crippen molar-refractivity contribution in [1.82, 2.24) is 0 Å². The van der Waals surface area contributed by atoms with Gasteiger partial charge >= 0.3 is 13.1 Å². The van der Waals surface area contributed by atoms with Crippen molar-refractivity contribution in [3.8, 4) is 0 Å². The minimum atomic E-state index is -1.74. The largest absolute Gasteiger partial charge is 0.489 e. The average molecular weight is 180 g/mol. The number of rotatable bonds is 2. The molecule has 0 aromatic heterocycles. The molecule has 0 aliphatic carbocycles. The second-order valence-corrected chi connectivity index (χ2v) is 2.72. The molecule has 5 heteroatoms. The molecule has 0 radical (unpaired) electrons. The maximum Gasteiger partial charge on any atom is 0.489 e. The van der Waals surface area contributed by atoms with Gasteiger partial charge in [-0.15, -0.1) is 0 Å². The fraction of sp³-hybridized carbons (Fsp3) is 0.125. The molecule has 3 N–H and O–H groups in total. The van der Waals surface area contributed by atoms with Crippen molar-refractivity contribution in [2.24, 2.45) is 0 Å². The Hall–Kier alpha value is -1.33. The van der Waals surface area contributed by atoms with E-state index in [1.807, 2.05) is 0 Å². The third-order valence-corrected chi connectivity index (χ3v) is 1.80. The van der Waals surface area contributed by atoms with Crippen LogP contribution in [0.3, 0.4) is 0 Å². The highest BCUT2D eigenvalue weighted by atomic mass is 16.4. The number of aromatic carboxylic acids is 1. The Labute approximate surface area is 75.6 Å². The quantitative estimate of drug-likeness (QED) is 0.529. The lowest BCUT2D eigenvalue weighted by Gasteiger charge is -2.06. The summed E-state index contributed by atoms with van der Waals surface area (Å²) in [4.78, 5) is 10.7. The molecule has 13 heavy (non-hydrogen) atoms. The number of carboxylic acid groups (broad SMARTS) is 1. The lowest BCUT2D eigenvalue weighted by molar-refractivity contribution is 0.0697. The van der Waals surface area contributed by atoms with E-state index in [-0.39, 0.29) is 11.0 Å². The van der Waals surface area contributed by atoms with Crippen molar-refractivity contribution < 1.29 is 19.9 Å². The van der Waals surface area contributed by atoms with E-state index in [0.717, 1.165) is 0 Å². The van der Waals surface area contributed by atoms with Gasteiger partial charge in [-0.2, -0.15) is 0 Å². The molecule has 0 saturated carbocycles. The lowest BCUT2D eigenvalue weighted by Crippen LogP contribution is -2.35. The van der Waals surface area contributed by atoms with Gasteiger partial charge < -0.3 is 15.2 Å². The fourth-order valence-electron chi connectivity index (χ4n) is 1.20. The maximum absolute atomic E-state index is 10.7. The summed E-state index contributed by atoms with van der Waals surface area (Å²) < 4.78 is 0. The van der Waals surface area contributed by atoms with Crippen LogP contribution < -0.4 is 5.46 Å². The van der Waals surface area contributed by atoms with Crippen LogP contribution in [0.2, 0.25) is 0 Å². The minimum absolute atomic E-state index is 0.0208. The number of benzene rings is 1. The Morgan fingerprint density at radius 3 is 2.38 bits per heavy atom. The van der Waals surface area contributed by atoms with Gasteiger partial charge in [-0.1, -0.05) is 18.2 Å². The van der Waals surface area contributed by atoms with E-state index >= 15 is 0 Å². The summed E-state index contributed by atoms with van der Waals surface area (Å²) in [6.07, 6.45) is 0. The van der Waals surface area contributed by atoms with E-state index in [1.165, 1.54) is 6.07 Å². The number of aryl methyl sites for hydroxylation is 1. The first-order valence-corrected chi connectivity index (χ1v) is 3.73. The number of carbonyl (C=O) groups is 1. The molecule has 0 heterocycles. The maximum atomic E-state index is 10.7. The molecule has 0 spiro atoms. The molecule has 68 valence electrons. The van der Waals surface area contributed by atoms with Gasteiger partial charge in [-0.05, 0) is 17.9 Å². The molecular weight excluding hydrogens is 171 g/mol. The highest BCUT2D eigenvalue weighted by molar-refractivity contribution is 6.60. The molecule has 0 saturated heterocycles. The summed E-state index contributed by atoms with van der Waals surface area (Å²) in [6.45, 7) is 1.61. The zero-order valence-electron chi connectivity index (χ0n) is 7.06. The lowest BCUT2D eigenvalue weighted by atomic mass is 9.76. The molecule has 1 rings (SSSR count). The van der Waals surface area contributed by atoms with Crippen LogP contribution in [-0.2, 0) is 0 Å². The molecule has 1 aromatic carbocycles.